The van der Waals surface area contributed by atoms with Gasteiger partial charge in [0, 0.05) is 12.6 Å². The second kappa shape index (κ2) is 9.11. The monoisotopic (exact) mass is 400 g/mol. The first-order chi connectivity index (χ1) is 12.8. The number of halogens is 2. The van der Waals surface area contributed by atoms with Crippen molar-refractivity contribution in [2.75, 3.05) is 6.54 Å². The maximum absolute atomic E-state index is 14.1. The molecule has 2 aliphatic carbocycles. The van der Waals surface area contributed by atoms with E-state index in [-0.39, 0.29) is 18.1 Å². The van der Waals surface area contributed by atoms with E-state index in [1.807, 2.05) is 6.92 Å². The third-order valence-electron chi connectivity index (χ3n) is 7.80. The van der Waals surface area contributed by atoms with Crippen molar-refractivity contribution >= 4 is 11.6 Å². The molecule has 0 aromatic carbocycles. The van der Waals surface area contributed by atoms with Crippen LogP contribution in [0.5, 0.6) is 0 Å². The van der Waals surface area contributed by atoms with Gasteiger partial charge in [-0.05, 0) is 88.4 Å². The van der Waals surface area contributed by atoms with Crippen LogP contribution in [0.3, 0.4) is 0 Å². The molecule has 1 saturated carbocycles. The van der Waals surface area contributed by atoms with Gasteiger partial charge in [-0.1, -0.05) is 30.2 Å². The number of nitrogens with two attached hydrogens (primary N) is 1. The summed E-state index contributed by atoms with van der Waals surface area (Å²) in [7, 11) is 0. The zero-order chi connectivity index (χ0) is 19.7. The third-order valence-corrected chi connectivity index (χ3v) is 8.16. The van der Waals surface area contributed by atoms with Gasteiger partial charge in [0.15, 0.2) is 0 Å². The van der Waals surface area contributed by atoms with Crippen LogP contribution in [0.15, 0.2) is 11.6 Å². The molecule has 3 nitrogen and oxygen atoms in total. The van der Waals surface area contributed by atoms with E-state index in [0.29, 0.717) is 23.7 Å². The van der Waals surface area contributed by atoms with E-state index in [4.69, 9.17) is 17.3 Å². The Kier molecular flexibility index (Phi) is 7.27. The van der Waals surface area contributed by atoms with Crippen molar-refractivity contribution in [3.05, 3.63) is 11.6 Å². The molecule has 9 atom stereocenters. The van der Waals surface area contributed by atoms with Crippen LogP contribution >= 0.6 is 11.6 Å². The van der Waals surface area contributed by atoms with E-state index in [0.717, 1.165) is 45.1 Å². The van der Waals surface area contributed by atoms with Gasteiger partial charge in [0.25, 0.3) is 0 Å². The standard InChI is InChI=1S/C22H38ClFN2O/c1-13-5-4-6-18(21(13)16-7-9-19(24)14(2)11-16)17-8-10-20(25)26(12-17)15(3)22(23)27/h5,14-22,27H,4,6-12,25H2,1-3H3. The first kappa shape index (κ1) is 21.5. The van der Waals surface area contributed by atoms with Crippen molar-refractivity contribution < 1.29 is 9.50 Å². The second-order valence-corrected chi connectivity index (χ2v) is 9.94. The molecule has 1 heterocycles. The number of aliphatic hydroxyl groups excluding tert-OH is 1. The number of nitrogens with zero attached hydrogens (tertiary/aromatic N) is 1. The van der Waals surface area contributed by atoms with Gasteiger partial charge >= 0.3 is 0 Å². The van der Waals surface area contributed by atoms with Crippen LogP contribution in [0, 0.1) is 29.6 Å². The minimum atomic E-state index is -0.890. The summed E-state index contributed by atoms with van der Waals surface area (Å²) in [5, 5.41) is 9.86. The van der Waals surface area contributed by atoms with Crippen LogP contribution in [0.1, 0.15) is 65.7 Å². The van der Waals surface area contributed by atoms with E-state index >= 15 is 0 Å². The van der Waals surface area contributed by atoms with E-state index in [9.17, 15) is 9.50 Å². The number of alkyl halides is 2. The SMILES string of the molecule is CC1=CCCC(C2CCC(N)N(C(C)C(O)Cl)C2)C1C1CCC(F)C(C)C1. The fourth-order valence-electron chi connectivity index (χ4n) is 6.16. The molecule has 3 rings (SSSR count). The Morgan fingerprint density at radius 3 is 2.59 bits per heavy atom. The summed E-state index contributed by atoms with van der Waals surface area (Å²) in [6.07, 6.45) is 9.00. The van der Waals surface area contributed by atoms with E-state index in [1.165, 1.54) is 12.0 Å². The van der Waals surface area contributed by atoms with Gasteiger partial charge in [0.2, 0.25) is 0 Å². The van der Waals surface area contributed by atoms with Crippen LogP contribution in [0.2, 0.25) is 0 Å². The summed E-state index contributed by atoms with van der Waals surface area (Å²) in [4.78, 5) is 2.21. The van der Waals surface area contributed by atoms with E-state index < -0.39 is 11.7 Å². The first-order valence-corrected chi connectivity index (χ1v) is 11.4. The van der Waals surface area contributed by atoms with Gasteiger partial charge in [-0.3, -0.25) is 4.90 Å². The van der Waals surface area contributed by atoms with Crippen molar-refractivity contribution in [1.82, 2.24) is 4.90 Å². The molecular weight excluding hydrogens is 363 g/mol. The largest absolute Gasteiger partial charge is 0.376 e. The molecule has 0 aromatic rings. The van der Waals surface area contributed by atoms with Crippen LogP contribution in [-0.2, 0) is 0 Å². The Morgan fingerprint density at radius 2 is 1.93 bits per heavy atom. The topological polar surface area (TPSA) is 49.5 Å². The zero-order valence-electron chi connectivity index (χ0n) is 17.2. The van der Waals surface area contributed by atoms with Gasteiger partial charge in [-0.15, -0.1) is 0 Å². The van der Waals surface area contributed by atoms with Crippen LogP contribution in [-0.4, -0.2) is 40.5 Å². The third kappa shape index (κ3) is 4.71. The lowest BCUT2D eigenvalue weighted by Gasteiger charge is -2.49. The molecular formula is C22H38ClFN2O. The predicted octanol–water partition coefficient (Wildman–Crippen LogP) is 4.68. The Hall–Kier alpha value is -0.160. The first-order valence-electron chi connectivity index (χ1n) is 10.9. The molecule has 9 unspecified atom stereocenters. The lowest BCUT2D eigenvalue weighted by molar-refractivity contribution is -0.00342. The highest BCUT2D eigenvalue weighted by molar-refractivity contribution is 6.19. The summed E-state index contributed by atoms with van der Waals surface area (Å²) in [6, 6.07) is -0.134. The molecule has 0 radical (unpaired) electrons. The second-order valence-electron chi connectivity index (χ2n) is 9.50. The van der Waals surface area contributed by atoms with Crippen LogP contribution in [0.4, 0.5) is 4.39 Å². The summed E-state index contributed by atoms with van der Waals surface area (Å²) in [5.74, 6) is 2.58. The van der Waals surface area contributed by atoms with Crippen LogP contribution < -0.4 is 5.73 Å². The average molecular weight is 401 g/mol. The number of likely N-dealkylation sites (tertiary alicyclic amines) is 1. The van der Waals surface area contributed by atoms with Crippen molar-refractivity contribution in [3.8, 4) is 0 Å². The number of piperidine rings is 1. The molecule has 0 spiro atoms. The van der Waals surface area contributed by atoms with Crippen molar-refractivity contribution in [2.24, 2.45) is 35.3 Å². The van der Waals surface area contributed by atoms with Crippen LogP contribution in [0.25, 0.3) is 0 Å². The highest BCUT2D eigenvalue weighted by atomic mass is 35.5. The smallest absolute Gasteiger partial charge is 0.143 e. The Bertz CT molecular complexity index is 528. The fourth-order valence-corrected chi connectivity index (χ4v) is 6.30. The lowest BCUT2D eigenvalue weighted by Crippen LogP contribution is -2.56. The number of hydrogen-bond donors (Lipinski definition) is 2. The molecule has 1 saturated heterocycles. The molecule has 0 aromatic heterocycles. The van der Waals surface area contributed by atoms with Gasteiger partial charge in [-0.25, -0.2) is 4.39 Å². The van der Waals surface area contributed by atoms with Crippen molar-refractivity contribution in [3.63, 3.8) is 0 Å². The Balaban J connectivity index is 1.76. The maximum Gasteiger partial charge on any atom is 0.143 e. The van der Waals surface area contributed by atoms with Gasteiger partial charge in [-0.2, -0.15) is 0 Å². The Labute approximate surface area is 169 Å². The van der Waals surface area contributed by atoms with Gasteiger partial charge < -0.3 is 10.8 Å². The summed E-state index contributed by atoms with van der Waals surface area (Å²) < 4.78 is 14.1. The molecule has 5 heteroatoms. The molecule has 1 aliphatic heterocycles. The van der Waals surface area contributed by atoms with Gasteiger partial charge in [0.1, 0.15) is 11.7 Å². The number of hydrogen-bond acceptors (Lipinski definition) is 3. The number of aliphatic hydroxyl groups is 1. The van der Waals surface area contributed by atoms with Crippen molar-refractivity contribution in [1.29, 1.82) is 0 Å². The highest BCUT2D eigenvalue weighted by Gasteiger charge is 2.43. The molecule has 27 heavy (non-hydrogen) atoms. The molecule has 3 aliphatic rings. The average Bonchev–Trinajstić information content (AvgIpc) is 2.63. The number of rotatable bonds is 4. The lowest BCUT2D eigenvalue weighted by atomic mass is 9.61. The zero-order valence-corrected chi connectivity index (χ0v) is 17.9. The molecule has 156 valence electrons. The summed E-state index contributed by atoms with van der Waals surface area (Å²) >= 11 is 5.98. The molecule has 3 N–H and O–H groups in total. The minimum Gasteiger partial charge on any atom is -0.376 e. The predicted molar refractivity (Wildman–Crippen MR) is 110 cm³/mol. The normalized spacial score (nSPS) is 43.8. The van der Waals surface area contributed by atoms with E-state index in [2.05, 4.69) is 24.8 Å². The van der Waals surface area contributed by atoms with E-state index in [1.54, 1.807) is 0 Å². The molecule has 0 amide bonds. The summed E-state index contributed by atoms with van der Waals surface area (Å²) in [5.41, 5.74) is 6.98. The highest BCUT2D eigenvalue weighted by Crippen LogP contribution is 2.48. The Morgan fingerprint density at radius 1 is 1.22 bits per heavy atom. The fraction of sp³-hybridized carbons (Fsp3) is 0.909. The van der Waals surface area contributed by atoms with Crippen molar-refractivity contribution in [2.45, 2.75) is 89.7 Å². The maximum atomic E-state index is 14.1. The number of allylic oxidation sites excluding steroid dienone is 2. The summed E-state index contributed by atoms with van der Waals surface area (Å²) in [6.45, 7) is 7.25. The van der Waals surface area contributed by atoms with Gasteiger partial charge in [0.05, 0.1) is 6.17 Å². The quantitative estimate of drug-likeness (QED) is 0.532. The molecule has 0 bridgehead atoms. The molecule has 2 fully saturated rings. The minimum absolute atomic E-state index is 0.0228.